The molecular formula is C16H32N2O3S4. The molecule has 0 aromatic rings. The number of aliphatic hydroxyl groups excluding tert-OH is 1. The molecule has 0 heterocycles. The molecule has 0 saturated carbocycles. The first-order valence-corrected chi connectivity index (χ1v) is 13.6. The van der Waals surface area contributed by atoms with Gasteiger partial charge in [-0.05, 0) is 26.4 Å². The van der Waals surface area contributed by atoms with E-state index in [0.29, 0.717) is 19.4 Å². The lowest BCUT2D eigenvalue weighted by atomic mass is 9.76. The maximum atomic E-state index is 12.1. The van der Waals surface area contributed by atoms with Gasteiger partial charge in [0.25, 0.3) is 0 Å². The fraction of sp³-hybridized carbons (Fsp3) is 0.875. The Kier molecular flexibility index (Phi) is 12.8. The minimum Gasteiger partial charge on any atom is -0.390 e. The van der Waals surface area contributed by atoms with E-state index in [1.807, 2.05) is 40.2 Å². The SMILES string of the molecule is CSSCCC(=O)NCC(C)(C)C(O)C(C)(C)NC(=O)CCSSC. The van der Waals surface area contributed by atoms with Crippen LogP contribution in [0.2, 0.25) is 0 Å². The molecule has 0 aromatic heterocycles. The first kappa shape index (κ1) is 25.3. The van der Waals surface area contributed by atoms with Gasteiger partial charge in [-0.2, -0.15) is 0 Å². The van der Waals surface area contributed by atoms with Crippen LogP contribution in [-0.2, 0) is 9.59 Å². The van der Waals surface area contributed by atoms with Crippen molar-refractivity contribution >= 4 is 55.0 Å². The van der Waals surface area contributed by atoms with Crippen LogP contribution >= 0.6 is 43.2 Å². The average molecular weight is 429 g/mol. The van der Waals surface area contributed by atoms with Crippen LogP contribution in [0.15, 0.2) is 0 Å². The summed E-state index contributed by atoms with van der Waals surface area (Å²) >= 11 is 0. The zero-order valence-electron chi connectivity index (χ0n) is 16.0. The second kappa shape index (κ2) is 12.6. The molecule has 2 amide bonds. The van der Waals surface area contributed by atoms with Gasteiger partial charge in [-0.3, -0.25) is 9.59 Å². The highest BCUT2D eigenvalue weighted by Crippen LogP contribution is 2.28. The molecule has 1 unspecified atom stereocenters. The van der Waals surface area contributed by atoms with Crippen molar-refractivity contribution in [3.63, 3.8) is 0 Å². The van der Waals surface area contributed by atoms with Crippen molar-refractivity contribution in [1.29, 1.82) is 0 Å². The molecule has 0 aromatic carbocycles. The van der Waals surface area contributed by atoms with Gasteiger partial charge < -0.3 is 15.7 Å². The Morgan fingerprint density at radius 1 is 0.960 bits per heavy atom. The summed E-state index contributed by atoms with van der Waals surface area (Å²) in [4.78, 5) is 23.9. The highest BCUT2D eigenvalue weighted by molar-refractivity contribution is 8.76. The summed E-state index contributed by atoms with van der Waals surface area (Å²) in [6.45, 7) is 7.78. The van der Waals surface area contributed by atoms with Crippen LogP contribution in [0.25, 0.3) is 0 Å². The number of aliphatic hydroxyl groups is 1. The van der Waals surface area contributed by atoms with Crippen molar-refractivity contribution in [2.45, 2.75) is 52.2 Å². The van der Waals surface area contributed by atoms with Crippen LogP contribution in [-0.4, -0.2) is 59.1 Å². The van der Waals surface area contributed by atoms with Crippen molar-refractivity contribution in [1.82, 2.24) is 10.6 Å². The lowest BCUT2D eigenvalue weighted by Crippen LogP contribution is -2.59. The molecule has 25 heavy (non-hydrogen) atoms. The average Bonchev–Trinajstić information content (AvgIpc) is 2.52. The molecule has 3 N–H and O–H groups in total. The Balaban J connectivity index is 4.51. The first-order valence-electron chi connectivity index (χ1n) is 8.14. The molecule has 0 saturated heterocycles. The Labute approximate surface area is 168 Å². The van der Waals surface area contributed by atoms with E-state index in [1.54, 1.807) is 43.2 Å². The van der Waals surface area contributed by atoms with E-state index in [2.05, 4.69) is 10.6 Å². The van der Waals surface area contributed by atoms with Gasteiger partial charge in [0.2, 0.25) is 11.8 Å². The van der Waals surface area contributed by atoms with Gasteiger partial charge in [-0.25, -0.2) is 0 Å². The Morgan fingerprint density at radius 2 is 1.44 bits per heavy atom. The van der Waals surface area contributed by atoms with Crippen molar-refractivity contribution < 1.29 is 14.7 Å². The fourth-order valence-electron chi connectivity index (χ4n) is 2.41. The van der Waals surface area contributed by atoms with Crippen molar-refractivity contribution in [3.8, 4) is 0 Å². The maximum absolute atomic E-state index is 12.1. The van der Waals surface area contributed by atoms with Gasteiger partial charge in [-0.15, -0.1) is 0 Å². The van der Waals surface area contributed by atoms with E-state index >= 15 is 0 Å². The van der Waals surface area contributed by atoms with Gasteiger partial charge in [0.15, 0.2) is 0 Å². The van der Waals surface area contributed by atoms with Crippen LogP contribution in [0, 0.1) is 5.41 Å². The molecule has 0 spiro atoms. The molecule has 0 radical (unpaired) electrons. The molecule has 0 aliphatic carbocycles. The fourth-order valence-corrected chi connectivity index (χ4v) is 4.78. The normalized spacial score (nSPS) is 13.4. The largest absolute Gasteiger partial charge is 0.390 e. The van der Waals surface area contributed by atoms with Crippen LogP contribution in [0.4, 0.5) is 0 Å². The molecule has 0 fully saturated rings. The highest BCUT2D eigenvalue weighted by atomic mass is 33.1. The van der Waals surface area contributed by atoms with E-state index in [-0.39, 0.29) is 11.8 Å². The standard InChI is InChI=1S/C16H32N2O3S4/c1-15(2,11-17-12(19)7-9-24-22-5)14(21)16(3,4)18-13(20)8-10-25-23-6/h14,21H,7-11H2,1-6H3,(H,17,19)(H,18,20). The molecule has 148 valence electrons. The Morgan fingerprint density at radius 3 is 1.92 bits per heavy atom. The highest BCUT2D eigenvalue weighted by Gasteiger charge is 2.40. The van der Waals surface area contributed by atoms with Gasteiger partial charge in [0, 0.05) is 36.3 Å². The third-order valence-electron chi connectivity index (χ3n) is 3.69. The lowest BCUT2D eigenvalue weighted by molar-refractivity contribution is -0.126. The topological polar surface area (TPSA) is 78.4 Å². The lowest BCUT2D eigenvalue weighted by Gasteiger charge is -2.41. The number of carbonyl (C=O) groups is 2. The van der Waals surface area contributed by atoms with Crippen molar-refractivity contribution in [3.05, 3.63) is 0 Å². The minimum absolute atomic E-state index is 0.0160. The van der Waals surface area contributed by atoms with Crippen molar-refractivity contribution in [2.24, 2.45) is 5.41 Å². The monoisotopic (exact) mass is 428 g/mol. The third kappa shape index (κ3) is 10.9. The van der Waals surface area contributed by atoms with Gasteiger partial charge in [0.05, 0.1) is 11.6 Å². The predicted octanol–water partition coefficient (Wildman–Crippen LogP) is 3.19. The quantitative estimate of drug-likeness (QED) is 0.307. The molecule has 5 nitrogen and oxygen atoms in total. The summed E-state index contributed by atoms with van der Waals surface area (Å²) < 4.78 is 0. The number of hydrogen-bond acceptors (Lipinski definition) is 7. The number of hydrogen-bond donors (Lipinski definition) is 3. The smallest absolute Gasteiger partial charge is 0.221 e. The molecule has 1 atom stereocenters. The second-order valence-electron chi connectivity index (χ2n) is 6.91. The number of rotatable bonds is 13. The third-order valence-corrected chi connectivity index (χ3v) is 7.31. The molecule has 0 aliphatic rings. The van der Waals surface area contributed by atoms with Crippen LogP contribution in [0.3, 0.4) is 0 Å². The van der Waals surface area contributed by atoms with Gasteiger partial charge >= 0.3 is 0 Å². The Hall–Kier alpha value is 0.300. The van der Waals surface area contributed by atoms with E-state index in [9.17, 15) is 14.7 Å². The minimum atomic E-state index is -0.793. The zero-order chi connectivity index (χ0) is 19.5. The number of nitrogens with one attached hydrogen (secondary N) is 2. The number of amides is 2. The van der Waals surface area contributed by atoms with E-state index in [4.69, 9.17) is 0 Å². The van der Waals surface area contributed by atoms with E-state index in [0.717, 1.165) is 11.5 Å². The summed E-state index contributed by atoms with van der Waals surface area (Å²) in [6.07, 6.45) is 4.06. The summed E-state index contributed by atoms with van der Waals surface area (Å²) in [5.41, 5.74) is -1.34. The maximum Gasteiger partial charge on any atom is 0.221 e. The van der Waals surface area contributed by atoms with E-state index < -0.39 is 17.1 Å². The molecule has 9 heteroatoms. The second-order valence-corrected chi connectivity index (χ2v) is 12.3. The number of carbonyl (C=O) groups excluding carboxylic acids is 2. The van der Waals surface area contributed by atoms with Crippen LogP contribution in [0.5, 0.6) is 0 Å². The Bertz CT molecular complexity index is 420. The molecule has 0 aliphatic heterocycles. The summed E-state index contributed by atoms with van der Waals surface area (Å²) in [7, 11) is 6.56. The van der Waals surface area contributed by atoms with Crippen LogP contribution < -0.4 is 10.6 Å². The molecular weight excluding hydrogens is 396 g/mol. The first-order chi connectivity index (χ1) is 11.6. The van der Waals surface area contributed by atoms with Gasteiger partial charge in [0.1, 0.15) is 0 Å². The van der Waals surface area contributed by atoms with Gasteiger partial charge in [-0.1, -0.05) is 57.0 Å². The summed E-state index contributed by atoms with van der Waals surface area (Å²) in [5.74, 6) is 1.43. The zero-order valence-corrected chi connectivity index (χ0v) is 19.3. The predicted molar refractivity (Wildman–Crippen MR) is 116 cm³/mol. The summed E-state index contributed by atoms with van der Waals surface area (Å²) in [5, 5.41) is 16.6. The molecule has 0 bridgehead atoms. The van der Waals surface area contributed by atoms with E-state index in [1.165, 1.54) is 0 Å². The van der Waals surface area contributed by atoms with Crippen LogP contribution in [0.1, 0.15) is 40.5 Å². The van der Waals surface area contributed by atoms with Crippen molar-refractivity contribution in [2.75, 3.05) is 30.6 Å². The molecule has 0 rings (SSSR count). The summed E-state index contributed by atoms with van der Waals surface area (Å²) in [6, 6.07) is 0.